The minimum absolute atomic E-state index is 0.174. The van der Waals surface area contributed by atoms with Gasteiger partial charge in [0.05, 0.1) is 6.10 Å². The summed E-state index contributed by atoms with van der Waals surface area (Å²) >= 11 is 0. The van der Waals surface area contributed by atoms with Crippen LogP contribution in [0.25, 0.3) is 0 Å². The number of methoxy groups -OCH3 is 1. The smallest absolute Gasteiger partial charge is 0.306 e. The molecular weight excluding hydrogens is 532 g/mol. The first-order valence-electron chi connectivity index (χ1n) is 14.2. The Morgan fingerprint density at radius 1 is 1.05 bits per heavy atom. The SMILES string of the molecule is C=CC(C)=CCC1(C)C(C)C(OC(=O)CCC)C(OC(C)=O)C23C(=CC(OC)CC12)C(OC(C)=O)OC3OC(C)=O. The third kappa shape index (κ3) is 6.14. The minimum Gasteiger partial charge on any atom is -0.458 e. The van der Waals surface area contributed by atoms with Crippen LogP contribution in [-0.4, -0.2) is 61.9 Å². The highest BCUT2D eigenvalue weighted by atomic mass is 16.8. The van der Waals surface area contributed by atoms with Crippen LogP contribution in [0.5, 0.6) is 0 Å². The molecule has 0 amide bonds. The van der Waals surface area contributed by atoms with E-state index in [0.29, 0.717) is 24.8 Å². The van der Waals surface area contributed by atoms with E-state index in [0.717, 1.165) is 5.57 Å². The first kappa shape index (κ1) is 32.5. The Kier molecular flexibility index (Phi) is 10.2. The Hall–Kier alpha value is -2.98. The zero-order valence-corrected chi connectivity index (χ0v) is 25.4. The van der Waals surface area contributed by atoms with Crippen LogP contribution in [0.15, 0.2) is 36.0 Å². The summed E-state index contributed by atoms with van der Waals surface area (Å²) < 4.78 is 35.6. The molecule has 0 N–H and O–H groups in total. The largest absolute Gasteiger partial charge is 0.458 e. The van der Waals surface area contributed by atoms with Gasteiger partial charge in [-0.25, -0.2) is 0 Å². The van der Waals surface area contributed by atoms with Crippen LogP contribution in [0.1, 0.15) is 74.1 Å². The van der Waals surface area contributed by atoms with Crippen LogP contribution >= 0.6 is 0 Å². The van der Waals surface area contributed by atoms with Crippen molar-refractivity contribution >= 4 is 23.9 Å². The van der Waals surface area contributed by atoms with E-state index in [2.05, 4.69) is 19.6 Å². The van der Waals surface area contributed by atoms with E-state index in [-0.39, 0.29) is 12.3 Å². The summed E-state index contributed by atoms with van der Waals surface area (Å²) in [6.45, 7) is 15.5. The summed E-state index contributed by atoms with van der Waals surface area (Å²) in [5.74, 6) is -3.03. The number of hydrogen-bond acceptors (Lipinski definition) is 10. The standard InChI is InChI=1S/C31H44O10/c1-10-12-25(35)40-26-18(4)30(8,14-13-17(3)11-2)24-16-22(36-9)15-23-28(38-20(6)33)41-29(39-21(7)34)31(23,24)27(26)37-19(5)32/h11,13,15,18,22,24,26-29H,2,10,12,14,16H2,1,3-9H3. The van der Waals surface area contributed by atoms with E-state index < -0.39 is 71.5 Å². The summed E-state index contributed by atoms with van der Waals surface area (Å²) in [5, 5.41) is 0. The summed E-state index contributed by atoms with van der Waals surface area (Å²) in [4.78, 5) is 50.4. The zero-order chi connectivity index (χ0) is 30.7. The Labute approximate surface area is 242 Å². The topological polar surface area (TPSA) is 124 Å². The van der Waals surface area contributed by atoms with Crippen molar-refractivity contribution in [2.45, 2.75) is 105 Å². The van der Waals surface area contributed by atoms with Crippen molar-refractivity contribution < 1.29 is 47.6 Å². The predicted octanol–water partition coefficient (Wildman–Crippen LogP) is 4.56. The molecular formula is C31H44O10. The number of rotatable bonds is 10. The Morgan fingerprint density at radius 3 is 2.22 bits per heavy atom. The van der Waals surface area contributed by atoms with Crippen molar-refractivity contribution in [3.63, 3.8) is 0 Å². The highest BCUT2D eigenvalue weighted by Crippen LogP contribution is 2.68. The highest BCUT2D eigenvalue weighted by Gasteiger charge is 2.75. The van der Waals surface area contributed by atoms with Crippen molar-refractivity contribution in [2.75, 3.05) is 7.11 Å². The molecule has 2 fully saturated rings. The van der Waals surface area contributed by atoms with Gasteiger partial charge in [0.1, 0.15) is 11.5 Å². The van der Waals surface area contributed by atoms with E-state index in [1.807, 2.05) is 20.8 Å². The number of ether oxygens (including phenoxy) is 6. The number of carbonyl (C=O) groups is 4. The summed E-state index contributed by atoms with van der Waals surface area (Å²) in [6, 6.07) is 0. The molecule has 1 heterocycles. The summed E-state index contributed by atoms with van der Waals surface area (Å²) in [7, 11) is 1.58. The van der Waals surface area contributed by atoms with Gasteiger partial charge < -0.3 is 23.7 Å². The van der Waals surface area contributed by atoms with Gasteiger partial charge in [-0.3, -0.25) is 23.9 Å². The van der Waals surface area contributed by atoms with E-state index >= 15 is 0 Å². The number of allylic oxidation sites excluding steroid dienone is 3. The number of esters is 4. The lowest BCUT2D eigenvalue weighted by Gasteiger charge is -2.62. The fourth-order valence-corrected chi connectivity index (χ4v) is 6.86. The fourth-order valence-electron chi connectivity index (χ4n) is 6.86. The number of carbonyl (C=O) groups excluding carboxylic acids is 4. The Bertz CT molecular complexity index is 1110. The van der Waals surface area contributed by atoms with Crippen molar-refractivity contribution in [3.05, 3.63) is 36.0 Å². The van der Waals surface area contributed by atoms with E-state index in [9.17, 15) is 19.2 Å². The van der Waals surface area contributed by atoms with Crippen LogP contribution < -0.4 is 0 Å². The maximum atomic E-state index is 13.0. The van der Waals surface area contributed by atoms with Crippen LogP contribution in [0.3, 0.4) is 0 Å². The van der Waals surface area contributed by atoms with Crippen molar-refractivity contribution in [2.24, 2.45) is 22.7 Å². The van der Waals surface area contributed by atoms with Crippen LogP contribution in [0, 0.1) is 22.7 Å². The zero-order valence-electron chi connectivity index (χ0n) is 25.4. The van der Waals surface area contributed by atoms with Gasteiger partial charge >= 0.3 is 23.9 Å². The van der Waals surface area contributed by atoms with Crippen LogP contribution in [-0.2, 0) is 47.6 Å². The van der Waals surface area contributed by atoms with Gasteiger partial charge in [-0.1, -0.05) is 45.1 Å². The molecule has 0 radical (unpaired) electrons. The van der Waals surface area contributed by atoms with Crippen molar-refractivity contribution in [1.29, 1.82) is 0 Å². The molecule has 3 aliphatic rings. The molecule has 9 atom stereocenters. The normalized spacial score (nSPS) is 36.2. The first-order valence-corrected chi connectivity index (χ1v) is 14.2. The second-order valence-corrected chi connectivity index (χ2v) is 11.5. The third-order valence-electron chi connectivity index (χ3n) is 8.95. The van der Waals surface area contributed by atoms with Crippen molar-refractivity contribution in [3.8, 4) is 0 Å². The molecule has 228 valence electrons. The second-order valence-electron chi connectivity index (χ2n) is 11.5. The second kappa shape index (κ2) is 12.9. The lowest BCUT2D eigenvalue weighted by molar-refractivity contribution is -0.279. The molecule has 0 aromatic rings. The van der Waals surface area contributed by atoms with Gasteiger partial charge in [-0.15, -0.1) is 0 Å². The van der Waals surface area contributed by atoms with Crippen molar-refractivity contribution in [1.82, 2.24) is 0 Å². The summed E-state index contributed by atoms with van der Waals surface area (Å²) in [5.41, 5.74) is -0.587. The number of hydrogen-bond donors (Lipinski definition) is 0. The third-order valence-corrected chi connectivity index (χ3v) is 8.95. The molecule has 10 heteroatoms. The minimum atomic E-state index is -1.36. The molecule has 1 aliphatic heterocycles. The van der Waals surface area contributed by atoms with Gasteiger partial charge in [-0.05, 0) is 43.6 Å². The average Bonchev–Trinajstić information content (AvgIpc) is 3.18. The monoisotopic (exact) mass is 576 g/mol. The highest BCUT2D eigenvalue weighted by molar-refractivity contribution is 5.70. The van der Waals surface area contributed by atoms with Crippen LogP contribution in [0.2, 0.25) is 0 Å². The molecule has 2 aliphatic carbocycles. The molecule has 1 saturated heterocycles. The van der Waals surface area contributed by atoms with Gasteiger partial charge in [-0.2, -0.15) is 0 Å². The van der Waals surface area contributed by atoms with Gasteiger partial charge in [0.2, 0.25) is 12.6 Å². The van der Waals surface area contributed by atoms with Gasteiger partial charge in [0.25, 0.3) is 0 Å². The van der Waals surface area contributed by atoms with E-state index in [1.165, 1.54) is 20.8 Å². The maximum absolute atomic E-state index is 13.0. The first-order chi connectivity index (χ1) is 19.3. The molecule has 0 aromatic heterocycles. The molecule has 10 nitrogen and oxygen atoms in total. The molecule has 0 bridgehead atoms. The predicted molar refractivity (Wildman–Crippen MR) is 148 cm³/mol. The fraction of sp³-hybridized carbons (Fsp3) is 0.677. The van der Waals surface area contributed by atoms with E-state index in [1.54, 1.807) is 19.3 Å². The molecule has 41 heavy (non-hydrogen) atoms. The molecule has 9 unspecified atom stereocenters. The van der Waals surface area contributed by atoms with E-state index in [4.69, 9.17) is 28.4 Å². The van der Waals surface area contributed by atoms with Crippen LogP contribution in [0.4, 0.5) is 0 Å². The van der Waals surface area contributed by atoms with Gasteiger partial charge in [0.15, 0.2) is 6.10 Å². The lowest BCUT2D eigenvalue weighted by Crippen LogP contribution is -2.69. The van der Waals surface area contributed by atoms with Gasteiger partial charge in [0, 0.05) is 45.8 Å². The lowest BCUT2D eigenvalue weighted by atomic mass is 9.44. The Morgan fingerprint density at radius 2 is 1.68 bits per heavy atom. The average molecular weight is 577 g/mol. The molecule has 1 saturated carbocycles. The quantitative estimate of drug-likeness (QED) is 0.158. The Balaban J connectivity index is 2.41. The maximum Gasteiger partial charge on any atom is 0.306 e. The molecule has 3 rings (SSSR count). The molecule has 1 spiro atoms. The molecule has 0 aromatic carbocycles. The summed E-state index contributed by atoms with van der Waals surface area (Å²) in [6.07, 6.45) is 2.31.